The number of rotatable bonds is 7. The lowest BCUT2D eigenvalue weighted by Gasteiger charge is -2.14. The molecule has 0 unspecified atom stereocenters. The Hall–Kier alpha value is -2.46. The van der Waals surface area contributed by atoms with Gasteiger partial charge in [0.15, 0.2) is 0 Å². The lowest BCUT2D eigenvalue weighted by Crippen LogP contribution is -2.01. The average Bonchev–Trinajstić information content (AvgIpc) is 2.85. The number of aldehydes is 1. The Balaban J connectivity index is 1.77. The summed E-state index contributed by atoms with van der Waals surface area (Å²) in [6, 6.07) is 11.7. The molecule has 0 aliphatic carbocycles. The van der Waals surface area contributed by atoms with Crippen LogP contribution in [-0.2, 0) is 17.8 Å². The van der Waals surface area contributed by atoms with Crippen molar-refractivity contribution in [1.29, 1.82) is 0 Å². The van der Waals surface area contributed by atoms with Gasteiger partial charge in [0.2, 0.25) is 0 Å². The first-order valence-corrected chi connectivity index (χ1v) is 9.43. The highest BCUT2D eigenvalue weighted by molar-refractivity contribution is 6.50. The largest absolute Gasteiger partial charge is 0.496 e. The fourth-order valence-corrected chi connectivity index (χ4v) is 3.37. The van der Waals surface area contributed by atoms with E-state index in [0.717, 1.165) is 30.4 Å². The van der Waals surface area contributed by atoms with Gasteiger partial charge in [0.05, 0.1) is 18.7 Å². The van der Waals surface area contributed by atoms with Crippen molar-refractivity contribution in [2.75, 3.05) is 13.7 Å². The number of benzene rings is 2. The van der Waals surface area contributed by atoms with Gasteiger partial charge in [0, 0.05) is 29.2 Å². The molecule has 4 nitrogen and oxygen atoms in total. The molecule has 0 saturated carbocycles. The molecule has 0 bridgehead atoms. The summed E-state index contributed by atoms with van der Waals surface area (Å²) in [6.45, 7) is 2.95. The zero-order chi connectivity index (χ0) is 19.2. The number of hydrogen-bond donors (Lipinski definition) is 0. The van der Waals surface area contributed by atoms with Gasteiger partial charge in [-0.25, -0.2) is 0 Å². The first kappa shape index (κ1) is 19.3. The topological polar surface area (TPSA) is 44.8 Å². The van der Waals surface area contributed by atoms with Crippen LogP contribution in [0, 0.1) is 0 Å². The van der Waals surface area contributed by atoms with Gasteiger partial charge in [-0.3, -0.25) is 4.79 Å². The van der Waals surface area contributed by atoms with E-state index >= 15 is 0 Å². The molecule has 0 fully saturated rings. The third-order valence-corrected chi connectivity index (χ3v) is 4.97. The number of ether oxygens (including phenoxy) is 3. The van der Waals surface area contributed by atoms with Crippen molar-refractivity contribution < 1.29 is 19.0 Å². The van der Waals surface area contributed by atoms with Gasteiger partial charge in [-0.15, -0.1) is 0 Å². The first-order valence-electron chi connectivity index (χ1n) is 9.06. The van der Waals surface area contributed by atoms with Crippen molar-refractivity contribution in [3.8, 4) is 17.2 Å². The van der Waals surface area contributed by atoms with Crippen LogP contribution in [0.1, 0.15) is 36.5 Å². The van der Waals surface area contributed by atoms with Crippen LogP contribution < -0.4 is 14.2 Å². The van der Waals surface area contributed by atoms with Crippen LogP contribution >= 0.6 is 11.6 Å². The summed E-state index contributed by atoms with van der Waals surface area (Å²) in [4.78, 5) is 11.2. The van der Waals surface area contributed by atoms with E-state index in [9.17, 15) is 4.79 Å². The number of halogens is 1. The van der Waals surface area contributed by atoms with Crippen LogP contribution in [0.25, 0.3) is 5.03 Å². The number of carbonyl (C=O) groups is 1. The summed E-state index contributed by atoms with van der Waals surface area (Å²) in [5.41, 5.74) is 3.50. The van der Waals surface area contributed by atoms with Gasteiger partial charge in [0.25, 0.3) is 0 Å². The second kappa shape index (κ2) is 8.96. The van der Waals surface area contributed by atoms with Crippen LogP contribution in [-0.4, -0.2) is 20.0 Å². The van der Waals surface area contributed by atoms with E-state index in [0.29, 0.717) is 47.3 Å². The molecule has 0 amide bonds. The highest BCUT2D eigenvalue weighted by Gasteiger charge is 2.17. The molecular weight excluding hydrogens is 364 g/mol. The molecule has 2 aromatic rings. The van der Waals surface area contributed by atoms with Crippen molar-refractivity contribution in [2.45, 2.75) is 32.8 Å². The minimum absolute atomic E-state index is 0.386. The van der Waals surface area contributed by atoms with Gasteiger partial charge in [-0.05, 0) is 30.2 Å². The molecular formula is C22H23ClO4. The van der Waals surface area contributed by atoms with Crippen LogP contribution in [0.3, 0.4) is 0 Å². The van der Waals surface area contributed by atoms with E-state index in [4.69, 9.17) is 25.8 Å². The summed E-state index contributed by atoms with van der Waals surface area (Å²) in [5.74, 6) is 2.13. The molecule has 0 saturated heterocycles. The molecule has 1 aliphatic heterocycles. The number of aryl methyl sites for hydroxylation is 1. The minimum Gasteiger partial charge on any atom is -0.496 e. The number of hydrogen-bond acceptors (Lipinski definition) is 4. The molecule has 1 heterocycles. The van der Waals surface area contributed by atoms with Gasteiger partial charge >= 0.3 is 0 Å². The minimum atomic E-state index is 0.386. The molecule has 27 heavy (non-hydrogen) atoms. The lowest BCUT2D eigenvalue weighted by atomic mass is 10.1. The summed E-state index contributed by atoms with van der Waals surface area (Å²) in [5, 5.41) is 0.442. The Morgan fingerprint density at radius 3 is 2.81 bits per heavy atom. The summed E-state index contributed by atoms with van der Waals surface area (Å²) >= 11 is 6.33. The molecule has 3 rings (SSSR count). The van der Waals surface area contributed by atoms with E-state index < -0.39 is 0 Å². The third-order valence-electron chi connectivity index (χ3n) is 4.53. The molecule has 0 atom stereocenters. The number of methoxy groups -OCH3 is 1. The van der Waals surface area contributed by atoms with Gasteiger partial charge in [-0.1, -0.05) is 37.1 Å². The van der Waals surface area contributed by atoms with Crippen LogP contribution in [0.4, 0.5) is 0 Å². The van der Waals surface area contributed by atoms with Crippen molar-refractivity contribution in [1.82, 2.24) is 0 Å². The predicted octanol–water partition coefficient (Wildman–Crippen LogP) is 5.16. The molecule has 0 N–H and O–H groups in total. The standard InChI is InChI=1S/C22H23ClO4/c1-3-4-15-5-6-17(20(11-15)25-2)14-27-18-7-8-19-21(12-18)26-10-9-16(13-24)22(19)23/h5-8,11-13H,3-4,9-10,14H2,1-2H3. The van der Waals surface area contributed by atoms with Crippen molar-refractivity contribution >= 4 is 22.9 Å². The Kier molecular flexibility index (Phi) is 6.40. The van der Waals surface area contributed by atoms with Gasteiger partial charge in [0.1, 0.15) is 30.1 Å². The smallest absolute Gasteiger partial charge is 0.147 e. The monoisotopic (exact) mass is 386 g/mol. The average molecular weight is 387 g/mol. The zero-order valence-electron chi connectivity index (χ0n) is 15.6. The second-order valence-electron chi connectivity index (χ2n) is 6.40. The maximum atomic E-state index is 11.2. The van der Waals surface area contributed by atoms with Gasteiger partial charge in [-0.2, -0.15) is 0 Å². The summed E-state index contributed by atoms with van der Waals surface area (Å²) < 4.78 is 17.2. The van der Waals surface area contributed by atoms with E-state index in [1.165, 1.54) is 5.56 Å². The fourth-order valence-electron chi connectivity index (χ4n) is 3.07. The Labute approximate surface area is 164 Å². The summed E-state index contributed by atoms with van der Waals surface area (Å²) in [7, 11) is 1.67. The first-order chi connectivity index (χ1) is 13.2. The van der Waals surface area contributed by atoms with Crippen LogP contribution in [0.2, 0.25) is 0 Å². The molecule has 142 valence electrons. The fraction of sp³-hybridized carbons (Fsp3) is 0.318. The second-order valence-corrected chi connectivity index (χ2v) is 6.78. The highest BCUT2D eigenvalue weighted by atomic mass is 35.5. The highest BCUT2D eigenvalue weighted by Crippen LogP contribution is 2.37. The van der Waals surface area contributed by atoms with Crippen molar-refractivity contribution in [3.05, 3.63) is 58.7 Å². The third kappa shape index (κ3) is 4.45. The lowest BCUT2D eigenvalue weighted by molar-refractivity contribution is -0.105. The van der Waals surface area contributed by atoms with Crippen LogP contribution in [0.15, 0.2) is 42.0 Å². The normalized spacial score (nSPS) is 13.4. The maximum Gasteiger partial charge on any atom is 0.147 e. The molecule has 0 aromatic heterocycles. The zero-order valence-corrected chi connectivity index (χ0v) is 16.3. The molecule has 0 spiro atoms. The van der Waals surface area contributed by atoms with Gasteiger partial charge < -0.3 is 14.2 Å². The summed E-state index contributed by atoms with van der Waals surface area (Å²) in [6.07, 6.45) is 3.40. The molecule has 1 aliphatic rings. The van der Waals surface area contributed by atoms with E-state index in [1.807, 2.05) is 24.3 Å². The quantitative estimate of drug-likeness (QED) is 0.616. The van der Waals surface area contributed by atoms with E-state index in [-0.39, 0.29) is 0 Å². The molecule has 0 radical (unpaired) electrons. The van der Waals surface area contributed by atoms with Crippen LogP contribution in [0.5, 0.6) is 17.2 Å². The number of carbonyl (C=O) groups excluding carboxylic acids is 1. The predicted molar refractivity (Wildman–Crippen MR) is 107 cm³/mol. The molecule has 2 aromatic carbocycles. The Morgan fingerprint density at radius 2 is 2.07 bits per heavy atom. The van der Waals surface area contributed by atoms with E-state index in [2.05, 4.69) is 19.1 Å². The SMILES string of the molecule is CCCc1ccc(COc2ccc3c(c2)OCCC(C=O)=C3Cl)c(OC)c1. The number of fused-ring (bicyclic) bond motifs is 1. The Morgan fingerprint density at radius 1 is 1.22 bits per heavy atom. The maximum absolute atomic E-state index is 11.2. The van der Waals surface area contributed by atoms with Crippen molar-refractivity contribution in [2.24, 2.45) is 0 Å². The van der Waals surface area contributed by atoms with E-state index in [1.54, 1.807) is 7.11 Å². The Bertz CT molecular complexity index is 857. The molecule has 5 heteroatoms. The van der Waals surface area contributed by atoms with Crippen molar-refractivity contribution in [3.63, 3.8) is 0 Å².